The van der Waals surface area contributed by atoms with Crippen molar-refractivity contribution >= 4 is 5.69 Å². The molecule has 0 aromatic heterocycles. The van der Waals surface area contributed by atoms with Crippen molar-refractivity contribution in [3.63, 3.8) is 0 Å². The fraction of sp³-hybridized carbons (Fsp3) is 0.538. The normalized spacial score (nSPS) is 30.4. The van der Waals surface area contributed by atoms with E-state index in [2.05, 4.69) is 0 Å². The Hall–Kier alpha value is -1.70. The van der Waals surface area contributed by atoms with Gasteiger partial charge >= 0.3 is 0 Å². The second kappa shape index (κ2) is 4.41. The number of ether oxygens (including phenoxy) is 4. The van der Waals surface area contributed by atoms with Gasteiger partial charge in [-0.15, -0.1) is 0 Å². The third kappa shape index (κ3) is 1.78. The van der Waals surface area contributed by atoms with Crippen LogP contribution in [0.1, 0.15) is 18.6 Å². The van der Waals surface area contributed by atoms with Crippen molar-refractivity contribution in [2.45, 2.75) is 31.0 Å². The first-order valence-corrected chi connectivity index (χ1v) is 6.19. The van der Waals surface area contributed by atoms with Gasteiger partial charge in [-0.3, -0.25) is 10.1 Å². The number of non-ortho nitro benzene ring substituents is 1. The highest BCUT2D eigenvalue weighted by Gasteiger charge is 2.63. The van der Waals surface area contributed by atoms with E-state index in [1.165, 1.54) is 26.4 Å². The molecule has 2 aliphatic heterocycles. The van der Waals surface area contributed by atoms with Crippen LogP contribution < -0.4 is 4.74 Å². The summed E-state index contributed by atoms with van der Waals surface area (Å²) in [7, 11) is 3.07. The molecule has 7 nitrogen and oxygen atoms in total. The fourth-order valence-electron chi connectivity index (χ4n) is 2.79. The average Bonchev–Trinajstić information content (AvgIpc) is 3.21. The molecule has 1 aromatic rings. The number of benzene rings is 1. The van der Waals surface area contributed by atoms with Crippen molar-refractivity contribution in [1.82, 2.24) is 0 Å². The fourth-order valence-corrected chi connectivity index (χ4v) is 2.79. The van der Waals surface area contributed by atoms with Crippen LogP contribution in [0, 0.1) is 10.1 Å². The summed E-state index contributed by atoms with van der Waals surface area (Å²) in [5, 5.41) is 10.8. The third-order valence-corrected chi connectivity index (χ3v) is 3.79. The lowest BCUT2D eigenvalue weighted by atomic mass is 9.91. The number of nitro benzene ring substituents is 1. The SMILES string of the molecule is COC(OC)[C@]1(C)Oc2ccc([N+](=O)[O-])cc2C2OC21. The van der Waals surface area contributed by atoms with E-state index in [9.17, 15) is 10.1 Å². The van der Waals surface area contributed by atoms with Gasteiger partial charge in [-0.1, -0.05) is 0 Å². The summed E-state index contributed by atoms with van der Waals surface area (Å²) in [6, 6.07) is 4.50. The summed E-state index contributed by atoms with van der Waals surface area (Å²) in [5.41, 5.74) is -0.0509. The molecule has 0 N–H and O–H groups in total. The minimum Gasteiger partial charge on any atom is -0.479 e. The Labute approximate surface area is 115 Å². The van der Waals surface area contributed by atoms with Gasteiger partial charge in [0.25, 0.3) is 5.69 Å². The van der Waals surface area contributed by atoms with E-state index < -0.39 is 16.8 Å². The smallest absolute Gasteiger partial charge is 0.270 e. The van der Waals surface area contributed by atoms with Gasteiger partial charge < -0.3 is 18.9 Å². The Morgan fingerprint density at radius 3 is 2.70 bits per heavy atom. The molecule has 3 atom stereocenters. The van der Waals surface area contributed by atoms with Gasteiger partial charge in [-0.05, 0) is 13.0 Å². The number of fused-ring (bicyclic) bond motifs is 3. The van der Waals surface area contributed by atoms with E-state index >= 15 is 0 Å². The number of hydrogen-bond acceptors (Lipinski definition) is 6. The number of epoxide rings is 1. The highest BCUT2D eigenvalue weighted by Crippen LogP contribution is 2.55. The second-order valence-electron chi connectivity index (χ2n) is 5.05. The molecule has 0 spiro atoms. The van der Waals surface area contributed by atoms with Crippen molar-refractivity contribution < 1.29 is 23.9 Å². The summed E-state index contributed by atoms with van der Waals surface area (Å²) in [5.74, 6) is 0.566. The zero-order chi connectivity index (χ0) is 14.5. The topological polar surface area (TPSA) is 83.4 Å². The molecule has 2 unspecified atom stereocenters. The Morgan fingerprint density at radius 2 is 2.10 bits per heavy atom. The van der Waals surface area contributed by atoms with Crippen molar-refractivity contribution in [1.29, 1.82) is 0 Å². The first-order valence-electron chi connectivity index (χ1n) is 6.19. The van der Waals surface area contributed by atoms with Gasteiger partial charge in [-0.2, -0.15) is 0 Å². The Kier molecular flexibility index (Phi) is 2.93. The molecule has 1 aromatic carbocycles. The van der Waals surface area contributed by atoms with Crippen LogP contribution in [0.25, 0.3) is 0 Å². The van der Waals surface area contributed by atoms with Crippen molar-refractivity contribution in [2.24, 2.45) is 0 Å². The van der Waals surface area contributed by atoms with Crippen LogP contribution in [0.4, 0.5) is 5.69 Å². The zero-order valence-corrected chi connectivity index (χ0v) is 11.4. The number of rotatable bonds is 4. The lowest BCUT2D eigenvalue weighted by molar-refractivity contribution is -0.385. The van der Waals surface area contributed by atoms with Crippen molar-refractivity contribution in [3.05, 3.63) is 33.9 Å². The molecule has 0 saturated carbocycles. The van der Waals surface area contributed by atoms with Gasteiger partial charge in [0, 0.05) is 31.9 Å². The van der Waals surface area contributed by atoms with E-state index in [0.717, 1.165) is 0 Å². The Balaban J connectivity index is 1.97. The minimum atomic E-state index is -0.780. The number of methoxy groups -OCH3 is 2. The number of hydrogen-bond donors (Lipinski definition) is 0. The van der Waals surface area contributed by atoms with Gasteiger partial charge in [0.15, 0.2) is 11.9 Å². The molecule has 2 aliphatic rings. The van der Waals surface area contributed by atoms with E-state index in [1.54, 1.807) is 6.07 Å². The van der Waals surface area contributed by atoms with E-state index in [4.69, 9.17) is 18.9 Å². The van der Waals surface area contributed by atoms with Crippen LogP contribution in [0.5, 0.6) is 5.75 Å². The second-order valence-corrected chi connectivity index (χ2v) is 5.05. The first kappa shape index (κ1) is 13.3. The summed E-state index contributed by atoms with van der Waals surface area (Å²) in [4.78, 5) is 10.4. The lowest BCUT2D eigenvalue weighted by Crippen LogP contribution is -2.53. The minimum absolute atomic E-state index is 0.0280. The number of nitro groups is 1. The molecule has 20 heavy (non-hydrogen) atoms. The largest absolute Gasteiger partial charge is 0.479 e. The van der Waals surface area contributed by atoms with Gasteiger partial charge in [0.2, 0.25) is 0 Å². The Morgan fingerprint density at radius 1 is 1.40 bits per heavy atom. The maximum atomic E-state index is 10.8. The maximum absolute atomic E-state index is 10.8. The number of nitrogens with zero attached hydrogens (tertiary/aromatic N) is 1. The molecule has 1 fully saturated rings. The summed E-state index contributed by atoms with van der Waals surface area (Å²) >= 11 is 0. The zero-order valence-electron chi connectivity index (χ0n) is 11.4. The van der Waals surface area contributed by atoms with Crippen LogP contribution in [0.2, 0.25) is 0 Å². The van der Waals surface area contributed by atoms with E-state index in [0.29, 0.717) is 11.3 Å². The Bertz CT molecular complexity index is 558. The van der Waals surface area contributed by atoms with E-state index in [1.807, 2.05) is 6.92 Å². The summed E-state index contributed by atoms with van der Waals surface area (Å²) < 4.78 is 22.1. The van der Waals surface area contributed by atoms with Gasteiger partial charge in [0.05, 0.1) is 4.92 Å². The van der Waals surface area contributed by atoms with Crippen molar-refractivity contribution in [2.75, 3.05) is 14.2 Å². The predicted octanol–water partition coefficient (Wildman–Crippen LogP) is 1.80. The molecule has 0 bridgehead atoms. The van der Waals surface area contributed by atoms with Crippen LogP contribution in [-0.2, 0) is 14.2 Å². The highest BCUT2D eigenvalue weighted by atomic mass is 16.7. The highest BCUT2D eigenvalue weighted by molar-refractivity contribution is 5.49. The average molecular weight is 281 g/mol. The molecule has 3 rings (SSSR count). The monoisotopic (exact) mass is 281 g/mol. The molecule has 0 amide bonds. The molecule has 0 radical (unpaired) electrons. The quantitative estimate of drug-likeness (QED) is 0.362. The van der Waals surface area contributed by atoms with Crippen molar-refractivity contribution in [3.8, 4) is 5.75 Å². The lowest BCUT2D eigenvalue weighted by Gasteiger charge is -2.37. The standard InChI is InChI=1S/C13H15NO6/c1-13(12(17-2)18-3)11-10(19-11)8-6-7(14(15)16)4-5-9(8)20-13/h4-6,10-12H,1-3H3/t10?,11?,13-/m1/s1. The van der Waals surface area contributed by atoms with Gasteiger partial charge in [0.1, 0.15) is 18.0 Å². The van der Waals surface area contributed by atoms with Gasteiger partial charge in [-0.25, -0.2) is 0 Å². The van der Waals surface area contributed by atoms with Crippen LogP contribution in [0.3, 0.4) is 0 Å². The molecular weight excluding hydrogens is 266 g/mol. The molecule has 2 heterocycles. The molecular formula is C13H15NO6. The summed E-state index contributed by atoms with van der Waals surface area (Å²) in [6.45, 7) is 1.85. The molecule has 108 valence electrons. The summed E-state index contributed by atoms with van der Waals surface area (Å²) in [6.07, 6.45) is -1.03. The van der Waals surface area contributed by atoms with Crippen LogP contribution in [-0.4, -0.2) is 37.1 Å². The van der Waals surface area contributed by atoms with Crippen LogP contribution >= 0.6 is 0 Å². The van der Waals surface area contributed by atoms with Crippen LogP contribution in [0.15, 0.2) is 18.2 Å². The predicted molar refractivity (Wildman–Crippen MR) is 67.5 cm³/mol. The first-order chi connectivity index (χ1) is 9.51. The molecule has 0 aliphatic carbocycles. The third-order valence-electron chi connectivity index (χ3n) is 3.79. The molecule has 1 saturated heterocycles. The maximum Gasteiger partial charge on any atom is 0.270 e. The van der Waals surface area contributed by atoms with E-state index in [-0.39, 0.29) is 17.9 Å². The molecule has 7 heteroatoms.